The molecule has 1 aliphatic heterocycles. The molecule has 2 N–H and O–H groups in total. The highest BCUT2D eigenvalue weighted by atomic mass is 15.5. The van der Waals surface area contributed by atoms with Crippen LogP contribution in [0.25, 0.3) is 0 Å². The fraction of sp³-hybridized carbons (Fsp3) is 0.400. The van der Waals surface area contributed by atoms with Gasteiger partial charge in [0, 0.05) is 6.20 Å². The van der Waals surface area contributed by atoms with Gasteiger partial charge in [-0.05, 0) is 18.4 Å². The van der Waals surface area contributed by atoms with Crippen molar-refractivity contribution in [3.63, 3.8) is 0 Å². The maximum atomic E-state index is 7.13. The zero-order valence-corrected chi connectivity index (χ0v) is 8.57. The molecule has 0 amide bonds. The molecular formula is C10H13N5. The predicted octanol–water partition coefficient (Wildman–Crippen LogP) is 2.49. The molecular weight excluding hydrogens is 190 g/mol. The van der Waals surface area contributed by atoms with Crippen molar-refractivity contribution in [2.24, 2.45) is 16.1 Å². The first-order chi connectivity index (χ1) is 7.30. The molecule has 0 radical (unpaired) electrons. The van der Waals surface area contributed by atoms with Crippen LogP contribution in [0.1, 0.15) is 19.8 Å². The van der Waals surface area contributed by atoms with Crippen LogP contribution in [0.3, 0.4) is 0 Å². The Bertz CT molecular complexity index is 383. The van der Waals surface area contributed by atoms with E-state index in [1.54, 1.807) is 0 Å². The largest absolute Gasteiger partial charge is 0.289 e. The predicted molar refractivity (Wildman–Crippen MR) is 57.8 cm³/mol. The molecule has 0 aromatic rings. The minimum Gasteiger partial charge on any atom is -0.289 e. The molecule has 15 heavy (non-hydrogen) atoms. The van der Waals surface area contributed by atoms with E-state index in [0.29, 0.717) is 5.84 Å². The van der Waals surface area contributed by atoms with E-state index in [4.69, 9.17) is 10.9 Å². The summed E-state index contributed by atoms with van der Waals surface area (Å²) in [5.74, 6) is 0.861. The van der Waals surface area contributed by atoms with Crippen molar-refractivity contribution >= 4 is 12.2 Å². The Morgan fingerprint density at radius 3 is 3.13 bits per heavy atom. The third-order valence-electron chi connectivity index (χ3n) is 2.68. The highest BCUT2D eigenvalue weighted by molar-refractivity contribution is 5.99. The van der Waals surface area contributed by atoms with Crippen LogP contribution < -0.4 is 0 Å². The van der Waals surface area contributed by atoms with Crippen LogP contribution in [-0.2, 0) is 0 Å². The van der Waals surface area contributed by atoms with Crippen molar-refractivity contribution in [3.8, 4) is 0 Å². The smallest absolute Gasteiger partial charge is 0.144 e. The highest BCUT2D eigenvalue weighted by Gasteiger charge is 2.34. The van der Waals surface area contributed by atoms with Crippen molar-refractivity contribution in [2.75, 3.05) is 0 Å². The Kier molecular flexibility index (Phi) is 2.45. The second-order valence-corrected chi connectivity index (χ2v) is 3.60. The Balaban J connectivity index is 2.25. The highest BCUT2D eigenvalue weighted by Crippen LogP contribution is 2.39. The third-order valence-corrected chi connectivity index (χ3v) is 2.68. The fourth-order valence-electron chi connectivity index (χ4n) is 1.68. The Hall–Kier alpha value is -1.78. The summed E-state index contributed by atoms with van der Waals surface area (Å²) >= 11 is 0. The van der Waals surface area contributed by atoms with E-state index in [-0.39, 0.29) is 5.92 Å². The number of allylic oxidation sites excluding steroid dienone is 1. The number of amidine groups is 1. The summed E-state index contributed by atoms with van der Waals surface area (Å²) in [4.78, 5) is 4.30. The Labute approximate surface area is 88.2 Å². The molecule has 2 aliphatic rings. The minimum absolute atomic E-state index is 0.195. The van der Waals surface area contributed by atoms with Crippen molar-refractivity contribution in [2.45, 2.75) is 19.8 Å². The van der Waals surface area contributed by atoms with Crippen LogP contribution in [0.5, 0.6) is 0 Å². The lowest BCUT2D eigenvalue weighted by Crippen LogP contribution is -2.25. The molecule has 1 heterocycles. The quantitative estimate of drug-likeness (QED) is 0.239. The molecule has 0 saturated heterocycles. The number of hydrogen-bond donors (Lipinski definition) is 2. The number of rotatable bonds is 3. The average Bonchev–Trinajstić information content (AvgIpc) is 3.00. The molecule has 1 atom stereocenters. The number of nitrogens with zero attached hydrogens (tertiary/aromatic N) is 3. The van der Waals surface area contributed by atoms with Crippen molar-refractivity contribution in [1.82, 2.24) is 5.01 Å². The van der Waals surface area contributed by atoms with Gasteiger partial charge in [0.25, 0.3) is 0 Å². The normalized spacial score (nSPS) is 22.7. The standard InChI is InChI=1S/C10H13N5/c1-2-7-3-8-4-9(8)10(13-5-7)15(6-11)14-12/h4-6,9,11-12H,2-3H2,1H3. The van der Waals surface area contributed by atoms with Crippen LogP contribution in [0, 0.1) is 16.9 Å². The number of hydrogen-bond acceptors (Lipinski definition) is 4. The van der Waals surface area contributed by atoms with Crippen LogP contribution in [-0.4, -0.2) is 17.2 Å². The Morgan fingerprint density at radius 1 is 1.73 bits per heavy atom. The number of aliphatic imine (C=N–C) groups is 1. The zero-order valence-electron chi connectivity index (χ0n) is 8.57. The zero-order chi connectivity index (χ0) is 10.8. The van der Waals surface area contributed by atoms with E-state index in [1.807, 2.05) is 6.20 Å². The Morgan fingerprint density at radius 2 is 2.53 bits per heavy atom. The number of fused-ring (bicyclic) bond motifs is 1. The van der Waals surface area contributed by atoms with E-state index in [2.05, 4.69) is 23.2 Å². The van der Waals surface area contributed by atoms with Gasteiger partial charge in [-0.3, -0.25) is 5.41 Å². The topological polar surface area (TPSA) is 75.7 Å². The lowest BCUT2D eigenvalue weighted by atomic mass is 10.1. The summed E-state index contributed by atoms with van der Waals surface area (Å²) in [5.41, 5.74) is 9.56. The van der Waals surface area contributed by atoms with Gasteiger partial charge in [0.1, 0.15) is 12.2 Å². The van der Waals surface area contributed by atoms with E-state index < -0.39 is 0 Å². The third kappa shape index (κ3) is 1.72. The summed E-state index contributed by atoms with van der Waals surface area (Å²) in [6, 6.07) is 0. The maximum absolute atomic E-state index is 7.13. The van der Waals surface area contributed by atoms with E-state index in [0.717, 1.165) is 19.2 Å². The molecule has 1 aliphatic carbocycles. The molecule has 0 aromatic carbocycles. The first-order valence-corrected chi connectivity index (χ1v) is 4.93. The molecule has 5 nitrogen and oxygen atoms in total. The monoisotopic (exact) mass is 203 g/mol. The molecule has 0 spiro atoms. The lowest BCUT2D eigenvalue weighted by Gasteiger charge is -2.11. The summed E-state index contributed by atoms with van der Waals surface area (Å²) in [6.45, 7) is 2.10. The van der Waals surface area contributed by atoms with Gasteiger partial charge in [-0.2, -0.15) is 10.5 Å². The van der Waals surface area contributed by atoms with Gasteiger partial charge in [-0.1, -0.05) is 23.8 Å². The molecule has 0 bridgehead atoms. The van der Waals surface area contributed by atoms with E-state index in [1.165, 1.54) is 16.2 Å². The summed E-state index contributed by atoms with van der Waals surface area (Å²) in [7, 11) is 0. The van der Waals surface area contributed by atoms with Gasteiger partial charge in [-0.15, -0.1) is 0 Å². The first-order valence-electron chi connectivity index (χ1n) is 4.93. The van der Waals surface area contributed by atoms with E-state index >= 15 is 0 Å². The van der Waals surface area contributed by atoms with Gasteiger partial charge < -0.3 is 0 Å². The first kappa shape index (κ1) is 9.76. The second-order valence-electron chi connectivity index (χ2n) is 3.60. The van der Waals surface area contributed by atoms with Crippen LogP contribution in [0.15, 0.2) is 33.6 Å². The summed E-state index contributed by atoms with van der Waals surface area (Å²) in [5, 5.41) is 11.6. The lowest BCUT2D eigenvalue weighted by molar-refractivity contribution is 0.583. The summed E-state index contributed by atoms with van der Waals surface area (Å²) < 4.78 is 0. The molecule has 2 rings (SSSR count). The molecule has 1 unspecified atom stereocenters. The fourth-order valence-corrected chi connectivity index (χ4v) is 1.68. The SMILES string of the molecule is CCC1=CN=C(N(C=N)N=N)C2C=C2C1. The maximum Gasteiger partial charge on any atom is 0.144 e. The van der Waals surface area contributed by atoms with Crippen LogP contribution >= 0.6 is 0 Å². The minimum atomic E-state index is 0.195. The molecule has 0 fully saturated rings. The molecule has 78 valence electrons. The number of nitrogens with one attached hydrogen (secondary N) is 2. The van der Waals surface area contributed by atoms with E-state index in [9.17, 15) is 0 Å². The summed E-state index contributed by atoms with van der Waals surface area (Å²) in [6.07, 6.45) is 6.93. The van der Waals surface area contributed by atoms with Gasteiger partial charge in [0.2, 0.25) is 0 Å². The molecule has 0 aromatic heterocycles. The van der Waals surface area contributed by atoms with Gasteiger partial charge in [-0.25, -0.2) is 4.99 Å². The van der Waals surface area contributed by atoms with Gasteiger partial charge in [0.05, 0.1) is 5.92 Å². The molecule has 0 saturated carbocycles. The van der Waals surface area contributed by atoms with Crippen LogP contribution in [0.4, 0.5) is 0 Å². The van der Waals surface area contributed by atoms with Gasteiger partial charge in [0.15, 0.2) is 0 Å². The van der Waals surface area contributed by atoms with Crippen molar-refractivity contribution in [3.05, 3.63) is 23.4 Å². The molecule has 5 heteroatoms. The van der Waals surface area contributed by atoms with Crippen molar-refractivity contribution in [1.29, 1.82) is 10.9 Å². The van der Waals surface area contributed by atoms with Crippen LogP contribution in [0.2, 0.25) is 0 Å². The van der Waals surface area contributed by atoms with Crippen molar-refractivity contribution < 1.29 is 0 Å². The van der Waals surface area contributed by atoms with Gasteiger partial charge >= 0.3 is 0 Å². The average molecular weight is 203 g/mol. The second kappa shape index (κ2) is 3.76.